The summed E-state index contributed by atoms with van der Waals surface area (Å²) >= 11 is 8.32. The summed E-state index contributed by atoms with van der Waals surface area (Å²) in [5.74, 6) is 1.27. The van der Waals surface area contributed by atoms with Crippen LogP contribution in [0.3, 0.4) is 0 Å². The largest absolute Gasteiger partial charge is 0.236 e. The van der Waals surface area contributed by atoms with Crippen molar-refractivity contribution in [3.63, 3.8) is 0 Å². The molecule has 1 rings (SSSR count). The molecule has 1 atom stereocenters. The van der Waals surface area contributed by atoms with Crippen molar-refractivity contribution in [2.75, 3.05) is 0 Å². The van der Waals surface area contributed by atoms with E-state index in [1.165, 1.54) is 0 Å². The average molecular weight is 339 g/mol. The van der Waals surface area contributed by atoms with Crippen molar-refractivity contribution in [2.45, 2.75) is 46.0 Å². The summed E-state index contributed by atoms with van der Waals surface area (Å²) in [6.07, 6.45) is 3.11. The monoisotopic (exact) mass is 338 g/mol. The Morgan fingerprint density at radius 2 is 2.00 bits per heavy atom. The van der Waals surface area contributed by atoms with Gasteiger partial charge in [0.2, 0.25) is 0 Å². The van der Waals surface area contributed by atoms with Gasteiger partial charge in [-0.05, 0) is 35.4 Å². The van der Waals surface area contributed by atoms with Gasteiger partial charge in [-0.15, -0.1) is 0 Å². The second kappa shape index (κ2) is 5.99. The first-order valence-corrected chi connectivity index (χ1v) is 6.77. The van der Waals surface area contributed by atoms with Gasteiger partial charge in [0, 0.05) is 5.92 Å². The van der Waals surface area contributed by atoms with E-state index in [0.717, 1.165) is 34.4 Å². The normalized spacial score (nSPS) is 12.9. The van der Waals surface area contributed by atoms with E-state index >= 15 is 0 Å². The SMILES string of the molecule is CCCc1nc(C(C)CC)nc(Cl)c1I. The van der Waals surface area contributed by atoms with Crippen LogP contribution in [-0.2, 0) is 6.42 Å². The lowest BCUT2D eigenvalue weighted by Crippen LogP contribution is -2.06. The van der Waals surface area contributed by atoms with Crippen LogP contribution in [-0.4, -0.2) is 9.97 Å². The first-order chi connectivity index (χ1) is 7.10. The summed E-state index contributed by atoms with van der Waals surface area (Å²) in [6.45, 7) is 6.42. The van der Waals surface area contributed by atoms with Gasteiger partial charge in [0.25, 0.3) is 0 Å². The topological polar surface area (TPSA) is 25.8 Å². The molecule has 15 heavy (non-hydrogen) atoms. The first kappa shape index (κ1) is 13.2. The molecule has 1 aromatic heterocycles. The second-order valence-electron chi connectivity index (χ2n) is 3.69. The zero-order chi connectivity index (χ0) is 11.4. The van der Waals surface area contributed by atoms with E-state index in [-0.39, 0.29) is 0 Å². The van der Waals surface area contributed by atoms with Crippen molar-refractivity contribution >= 4 is 34.2 Å². The Hall–Kier alpha value is 0.100. The van der Waals surface area contributed by atoms with E-state index < -0.39 is 0 Å². The van der Waals surface area contributed by atoms with Crippen molar-refractivity contribution in [2.24, 2.45) is 0 Å². The number of halogens is 2. The summed E-state index contributed by atoms with van der Waals surface area (Å²) in [5, 5.41) is 0.601. The van der Waals surface area contributed by atoms with Gasteiger partial charge in [-0.1, -0.05) is 38.8 Å². The number of rotatable bonds is 4. The van der Waals surface area contributed by atoms with E-state index in [1.807, 2.05) is 0 Å². The highest BCUT2D eigenvalue weighted by Crippen LogP contribution is 2.24. The minimum atomic E-state index is 0.384. The Bertz CT molecular complexity index is 342. The molecule has 0 bridgehead atoms. The molecule has 1 aromatic rings. The maximum Gasteiger partial charge on any atom is 0.146 e. The van der Waals surface area contributed by atoms with Gasteiger partial charge >= 0.3 is 0 Å². The van der Waals surface area contributed by atoms with E-state index in [4.69, 9.17) is 11.6 Å². The number of nitrogens with zero attached hydrogens (tertiary/aromatic N) is 2. The molecule has 0 aromatic carbocycles. The molecule has 0 aliphatic carbocycles. The van der Waals surface area contributed by atoms with Crippen molar-refractivity contribution in [1.82, 2.24) is 9.97 Å². The number of hydrogen-bond donors (Lipinski definition) is 0. The highest BCUT2D eigenvalue weighted by atomic mass is 127. The fourth-order valence-corrected chi connectivity index (χ4v) is 1.99. The molecule has 2 nitrogen and oxygen atoms in total. The smallest absolute Gasteiger partial charge is 0.146 e. The van der Waals surface area contributed by atoms with Gasteiger partial charge in [0.1, 0.15) is 11.0 Å². The second-order valence-corrected chi connectivity index (χ2v) is 5.13. The number of hydrogen-bond acceptors (Lipinski definition) is 2. The number of aromatic nitrogens is 2. The molecule has 84 valence electrons. The summed E-state index contributed by atoms with van der Waals surface area (Å²) in [4.78, 5) is 8.92. The van der Waals surface area contributed by atoms with Gasteiger partial charge < -0.3 is 0 Å². The van der Waals surface area contributed by atoms with Crippen LogP contribution in [0.15, 0.2) is 0 Å². The Morgan fingerprint density at radius 1 is 1.33 bits per heavy atom. The van der Waals surface area contributed by atoms with Crippen LogP contribution in [0.5, 0.6) is 0 Å². The maximum absolute atomic E-state index is 6.10. The Labute approximate surface area is 110 Å². The Morgan fingerprint density at radius 3 is 2.53 bits per heavy atom. The lowest BCUT2D eigenvalue weighted by molar-refractivity contribution is 0.666. The molecule has 0 spiro atoms. The van der Waals surface area contributed by atoms with Gasteiger partial charge in [0.05, 0.1) is 9.26 Å². The first-order valence-electron chi connectivity index (χ1n) is 5.31. The molecule has 0 amide bonds. The fraction of sp³-hybridized carbons (Fsp3) is 0.636. The molecular formula is C11H16ClIN2. The minimum Gasteiger partial charge on any atom is -0.236 e. The molecule has 0 fully saturated rings. The summed E-state index contributed by atoms with van der Waals surface area (Å²) < 4.78 is 1.00. The third-order valence-corrected chi connectivity index (χ3v) is 4.16. The Balaban J connectivity index is 3.11. The lowest BCUT2D eigenvalue weighted by atomic mass is 10.1. The third-order valence-electron chi connectivity index (χ3n) is 2.44. The van der Waals surface area contributed by atoms with E-state index in [9.17, 15) is 0 Å². The number of aryl methyl sites for hydroxylation is 1. The van der Waals surface area contributed by atoms with Crippen LogP contribution in [0.2, 0.25) is 5.15 Å². The molecule has 1 unspecified atom stereocenters. The fourth-order valence-electron chi connectivity index (χ4n) is 1.29. The molecule has 1 heterocycles. The van der Waals surface area contributed by atoms with Crippen molar-refractivity contribution in [1.29, 1.82) is 0 Å². The van der Waals surface area contributed by atoms with Gasteiger partial charge in [-0.2, -0.15) is 0 Å². The van der Waals surface area contributed by atoms with E-state index in [2.05, 4.69) is 53.3 Å². The predicted octanol–water partition coefficient (Wildman–Crippen LogP) is 4.20. The average Bonchev–Trinajstić information content (AvgIpc) is 2.23. The van der Waals surface area contributed by atoms with Gasteiger partial charge in [-0.25, -0.2) is 9.97 Å². The standard InChI is InChI=1S/C11H16ClIN2/c1-4-6-8-9(13)10(12)15-11(14-8)7(3)5-2/h7H,4-6H2,1-3H3. The van der Waals surface area contributed by atoms with Gasteiger partial charge in [0.15, 0.2) is 0 Å². The predicted molar refractivity (Wildman–Crippen MR) is 72.5 cm³/mol. The zero-order valence-electron chi connectivity index (χ0n) is 9.35. The maximum atomic E-state index is 6.10. The van der Waals surface area contributed by atoms with Crippen LogP contribution in [0, 0.1) is 3.57 Å². The lowest BCUT2D eigenvalue weighted by Gasteiger charge is -2.11. The van der Waals surface area contributed by atoms with Gasteiger partial charge in [-0.3, -0.25) is 0 Å². The van der Waals surface area contributed by atoms with E-state index in [0.29, 0.717) is 11.1 Å². The third kappa shape index (κ3) is 3.28. The van der Waals surface area contributed by atoms with Crippen molar-refractivity contribution in [3.05, 3.63) is 20.2 Å². The highest BCUT2D eigenvalue weighted by molar-refractivity contribution is 14.1. The highest BCUT2D eigenvalue weighted by Gasteiger charge is 2.13. The van der Waals surface area contributed by atoms with Crippen LogP contribution in [0.4, 0.5) is 0 Å². The van der Waals surface area contributed by atoms with Crippen LogP contribution in [0.1, 0.15) is 51.0 Å². The Kier molecular flexibility index (Phi) is 5.26. The molecule has 0 aliphatic heterocycles. The molecule has 0 aliphatic rings. The summed E-state index contributed by atoms with van der Waals surface area (Å²) in [6, 6.07) is 0. The van der Waals surface area contributed by atoms with E-state index in [1.54, 1.807) is 0 Å². The zero-order valence-corrected chi connectivity index (χ0v) is 12.3. The molecule has 0 saturated heterocycles. The van der Waals surface area contributed by atoms with Crippen LogP contribution < -0.4 is 0 Å². The molecule has 0 saturated carbocycles. The molecule has 0 N–H and O–H groups in total. The minimum absolute atomic E-state index is 0.384. The quantitative estimate of drug-likeness (QED) is 0.607. The van der Waals surface area contributed by atoms with Crippen molar-refractivity contribution in [3.8, 4) is 0 Å². The van der Waals surface area contributed by atoms with Crippen molar-refractivity contribution < 1.29 is 0 Å². The van der Waals surface area contributed by atoms with Crippen LogP contribution >= 0.6 is 34.2 Å². The summed E-state index contributed by atoms with van der Waals surface area (Å²) in [7, 11) is 0. The molecule has 0 radical (unpaired) electrons. The van der Waals surface area contributed by atoms with Crippen LogP contribution in [0.25, 0.3) is 0 Å². The molecular weight excluding hydrogens is 322 g/mol. The summed E-state index contributed by atoms with van der Waals surface area (Å²) in [5.41, 5.74) is 1.09. The molecule has 4 heteroatoms.